The molecule has 1 aliphatic heterocycles. The molecule has 3 nitrogen and oxygen atoms in total. The number of methoxy groups -OCH3 is 1. The smallest absolute Gasteiger partial charge is 0.232 e. The van der Waals surface area contributed by atoms with Crippen LogP contribution in [0.2, 0.25) is 10.0 Å². The zero-order chi connectivity index (χ0) is 15.9. The number of halogens is 3. The van der Waals surface area contributed by atoms with Gasteiger partial charge in [-0.2, -0.15) is 0 Å². The third-order valence-electron chi connectivity index (χ3n) is 3.74. The summed E-state index contributed by atoms with van der Waals surface area (Å²) in [7, 11) is 1.59. The van der Waals surface area contributed by atoms with Crippen molar-refractivity contribution in [3.63, 3.8) is 0 Å². The fourth-order valence-electron chi connectivity index (χ4n) is 2.64. The molecule has 0 radical (unpaired) electrons. The lowest BCUT2D eigenvalue weighted by Crippen LogP contribution is -2.29. The third-order valence-corrected chi connectivity index (χ3v) is 5.10. The van der Waals surface area contributed by atoms with Crippen molar-refractivity contribution in [2.45, 2.75) is 12.3 Å². The van der Waals surface area contributed by atoms with Crippen molar-refractivity contribution < 1.29 is 9.53 Å². The van der Waals surface area contributed by atoms with E-state index in [2.05, 4.69) is 21.2 Å². The lowest BCUT2D eigenvalue weighted by atomic mass is 9.87. The van der Waals surface area contributed by atoms with Crippen LogP contribution in [0.1, 0.15) is 17.0 Å². The molecular weight excluding hydrogens is 389 g/mol. The van der Waals surface area contributed by atoms with E-state index in [1.54, 1.807) is 25.3 Å². The van der Waals surface area contributed by atoms with Crippen LogP contribution in [0.15, 0.2) is 34.8 Å². The fraction of sp³-hybridized carbons (Fsp3) is 0.188. The number of fused-ring (bicyclic) bond motifs is 1. The Morgan fingerprint density at radius 3 is 2.59 bits per heavy atom. The van der Waals surface area contributed by atoms with Crippen LogP contribution >= 0.6 is 39.1 Å². The second-order valence-corrected chi connectivity index (χ2v) is 6.69. The van der Waals surface area contributed by atoms with Gasteiger partial charge < -0.3 is 10.1 Å². The molecule has 1 amide bonds. The van der Waals surface area contributed by atoms with Crippen LogP contribution in [0, 0.1) is 0 Å². The van der Waals surface area contributed by atoms with Gasteiger partial charge in [-0.25, -0.2) is 0 Å². The van der Waals surface area contributed by atoms with Crippen molar-refractivity contribution in [2.24, 2.45) is 0 Å². The van der Waals surface area contributed by atoms with Gasteiger partial charge in [0.1, 0.15) is 5.75 Å². The zero-order valence-electron chi connectivity index (χ0n) is 11.6. The number of carbonyl (C=O) groups is 1. The molecule has 0 aromatic heterocycles. The van der Waals surface area contributed by atoms with Crippen molar-refractivity contribution in [1.29, 1.82) is 0 Å². The highest BCUT2D eigenvalue weighted by molar-refractivity contribution is 9.10. The van der Waals surface area contributed by atoms with Crippen LogP contribution in [0.5, 0.6) is 5.75 Å². The molecule has 0 spiro atoms. The zero-order valence-corrected chi connectivity index (χ0v) is 14.7. The summed E-state index contributed by atoms with van der Waals surface area (Å²) in [6.45, 7) is 0. The minimum Gasteiger partial charge on any atom is -0.497 e. The molecule has 1 atom stereocenters. The Kier molecular flexibility index (Phi) is 4.35. The quantitative estimate of drug-likeness (QED) is 0.766. The summed E-state index contributed by atoms with van der Waals surface area (Å²) in [6.07, 6.45) is 0.523. The van der Waals surface area contributed by atoms with Gasteiger partial charge in [-0.3, -0.25) is 4.79 Å². The Balaban J connectivity index is 2.07. The molecule has 1 heterocycles. The van der Waals surface area contributed by atoms with Gasteiger partial charge in [0.25, 0.3) is 0 Å². The van der Waals surface area contributed by atoms with Gasteiger partial charge >= 0.3 is 0 Å². The van der Waals surface area contributed by atoms with Crippen LogP contribution in [-0.4, -0.2) is 13.0 Å². The molecule has 6 heteroatoms. The number of carbonyl (C=O) groups excluding carboxylic acids is 1. The minimum absolute atomic E-state index is 0.123. The summed E-state index contributed by atoms with van der Waals surface area (Å²) in [4.78, 5) is 12.5. The summed E-state index contributed by atoms with van der Waals surface area (Å²) >= 11 is 16.0. The van der Waals surface area contributed by atoms with Crippen molar-refractivity contribution >= 4 is 50.7 Å². The predicted molar refractivity (Wildman–Crippen MR) is 92.2 cm³/mol. The summed E-state index contributed by atoms with van der Waals surface area (Å²) in [5.41, 5.74) is 2.41. The molecule has 0 aliphatic carbocycles. The average Bonchev–Trinajstić information content (AvgIpc) is 2.47. The number of amides is 1. The van der Waals surface area contributed by atoms with Gasteiger partial charge in [0, 0.05) is 31.8 Å². The van der Waals surface area contributed by atoms with Gasteiger partial charge in [0.05, 0.1) is 13.0 Å². The normalized spacial score (nSPS) is 16.9. The van der Waals surface area contributed by atoms with E-state index in [0.717, 1.165) is 15.7 Å². The molecule has 22 heavy (non-hydrogen) atoms. The third kappa shape index (κ3) is 2.71. The first-order valence-electron chi connectivity index (χ1n) is 6.62. The minimum atomic E-state index is -0.418. The second kappa shape index (κ2) is 6.11. The first-order chi connectivity index (χ1) is 10.5. The van der Waals surface area contributed by atoms with Gasteiger partial charge in [-0.1, -0.05) is 45.2 Å². The summed E-state index contributed by atoms with van der Waals surface area (Å²) in [5, 5.41) is 3.91. The first kappa shape index (κ1) is 15.7. The Bertz CT molecular complexity index is 744. The maximum atomic E-state index is 12.5. The number of nitrogens with one attached hydrogen (secondary N) is 1. The van der Waals surface area contributed by atoms with Crippen LogP contribution in [0.25, 0.3) is 0 Å². The molecule has 2 aromatic carbocycles. The molecule has 0 fully saturated rings. The van der Waals surface area contributed by atoms with Gasteiger partial charge in [0.15, 0.2) is 0 Å². The largest absolute Gasteiger partial charge is 0.497 e. The van der Waals surface area contributed by atoms with E-state index < -0.39 is 5.92 Å². The summed E-state index contributed by atoms with van der Waals surface area (Å²) in [6, 6.07) is 8.94. The van der Waals surface area contributed by atoms with Gasteiger partial charge in [-0.15, -0.1) is 0 Å². The molecular formula is C16H12BrCl2NO2. The van der Waals surface area contributed by atoms with Gasteiger partial charge in [0.2, 0.25) is 5.91 Å². The molecule has 2 aromatic rings. The van der Waals surface area contributed by atoms with E-state index in [4.69, 9.17) is 27.9 Å². The van der Waals surface area contributed by atoms with E-state index in [1.165, 1.54) is 0 Å². The lowest BCUT2D eigenvalue weighted by molar-refractivity contribution is -0.117. The van der Waals surface area contributed by atoms with E-state index in [0.29, 0.717) is 27.8 Å². The highest BCUT2D eigenvalue weighted by Gasteiger charge is 2.32. The number of benzene rings is 2. The maximum absolute atomic E-state index is 12.5. The van der Waals surface area contributed by atoms with Crippen molar-refractivity contribution in [3.8, 4) is 5.75 Å². The Morgan fingerprint density at radius 2 is 1.95 bits per heavy atom. The molecule has 0 saturated heterocycles. The Hall–Kier alpha value is -1.23. The molecule has 1 unspecified atom stereocenters. The number of rotatable bonds is 2. The fourth-order valence-corrected chi connectivity index (χ4v) is 3.90. The monoisotopic (exact) mass is 399 g/mol. The van der Waals surface area contributed by atoms with Crippen molar-refractivity contribution in [1.82, 2.24) is 0 Å². The predicted octanol–water partition coefficient (Wildman–Crippen LogP) is 5.04. The van der Waals surface area contributed by atoms with E-state index in [9.17, 15) is 4.79 Å². The molecule has 1 aliphatic rings. The SMILES string of the molecule is COc1cc(Br)c2c(c1)NC(=O)C(c1c(Cl)cccc1Cl)C2. The van der Waals surface area contributed by atoms with Crippen LogP contribution in [0.4, 0.5) is 5.69 Å². The Morgan fingerprint density at radius 1 is 1.27 bits per heavy atom. The molecule has 114 valence electrons. The van der Waals surface area contributed by atoms with Crippen molar-refractivity contribution in [3.05, 3.63) is 56.0 Å². The summed E-state index contributed by atoms with van der Waals surface area (Å²) in [5.74, 6) is 0.140. The summed E-state index contributed by atoms with van der Waals surface area (Å²) < 4.78 is 6.11. The second-order valence-electron chi connectivity index (χ2n) is 5.02. The highest BCUT2D eigenvalue weighted by Crippen LogP contribution is 2.41. The van der Waals surface area contributed by atoms with E-state index >= 15 is 0 Å². The number of hydrogen-bond donors (Lipinski definition) is 1. The molecule has 1 N–H and O–H groups in total. The van der Waals surface area contributed by atoms with Crippen LogP contribution in [0.3, 0.4) is 0 Å². The maximum Gasteiger partial charge on any atom is 0.232 e. The van der Waals surface area contributed by atoms with E-state index in [-0.39, 0.29) is 5.91 Å². The number of anilines is 1. The number of hydrogen-bond acceptors (Lipinski definition) is 2. The Labute approximate surface area is 146 Å². The topological polar surface area (TPSA) is 38.3 Å². The molecule has 3 rings (SSSR count). The average molecular weight is 401 g/mol. The first-order valence-corrected chi connectivity index (χ1v) is 8.17. The number of ether oxygens (including phenoxy) is 1. The highest BCUT2D eigenvalue weighted by atomic mass is 79.9. The lowest BCUT2D eigenvalue weighted by Gasteiger charge is -2.27. The van der Waals surface area contributed by atoms with Gasteiger partial charge in [-0.05, 0) is 30.2 Å². The van der Waals surface area contributed by atoms with Crippen LogP contribution < -0.4 is 10.1 Å². The van der Waals surface area contributed by atoms with Crippen molar-refractivity contribution in [2.75, 3.05) is 12.4 Å². The molecule has 0 bridgehead atoms. The van der Waals surface area contributed by atoms with E-state index in [1.807, 2.05) is 12.1 Å². The van der Waals surface area contributed by atoms with Crippen LogP contribution in [-0.2, 0) is 11.2 Å². The standard InChI is InChI=1S/C16H12BrCl2NO2/c1-22-8-5-11(17)9-7-10(16(21)20-14(9)6-8)15-12(18)3-2-4-13(15)19/h2-6,10H,7H2,1H3,(H,20,21). The molecule has 0 saturated carbocycles.